The monoisotopic (exact) mass is 632 g/mol. The molecule has 10 heteroatoms. The molecule has 5 rings (SSSR count). The number of rotatable bonds is 3. The molecule has 2 saturated heterocycles. The first-order valence-corrected chi connectivity index (χ1v) is 15.3. The minimum absolute atomic E-state index is 0.173. The summed E-state index contributed by atoms with van der Waals surface area (Å²) in [5.41, 5.74) is 3.58. The molecule has 2 amide bonds. The number of aryl methyl sites for hydroxylation is 2. The molecule has 0 spiro atoms. The van der Waals surface area contributed by atoms with Gasteiger partial charge in [-0.05, 0) is 97.6 Å². The number of hydrogen-bond acceptors (Lipinski definition) is 5. The fraction of sp³-hybridized carbons (Fsp3) is 0.567. The number of carbonyl (C=O) groups is 2. The molecule has 2 fully saturated rings. The van der Waals surface area contributed by atoms with Gasteiger partial charge in [0.15, 0.2) is 6.20 Å². The molecule has 0 saturated carbocycles. The van der Waals surface area contributed by atoms with Crippen molar-refractivity contribution < 1.29 is 19.1 Å². The topological polar surface area (TPSA) is 80.0 Å². The van der Waals surface area contributed by atoms with Crippen molar-refractivity contribution in [3.63, 3.8) is 0 Å². The average Bonchev–Trinajstić information content (AvgIpc) is 3.05. The van der Waals surface area contributed by atoms with Gasteiger partial charge < -0.3 is 19.7 Å². The van der Waals surface area contributed by atoms with E-state index in [1.807, 2.05) is 37.8 Å². The molecule has 1 aliphatic carbocycles. The molecule has 40 heavy (non-hydrogen) atoms. The lowest BCUT2D eigenvalue weighted by atomic mass is 9.93. The maximum Gasteiger partial charge on any atom is 0.410 e. The molecule has 2 aromatic rings. The van der Waals surface area contributed by atoms with E-state index in [1.165, 1.54) is 5.56 Å². The van der Waals surface area contributed by atoms with Crippen molar-refractivity contribution in [3.8, 4) is 0 Å². The summed E-state index contributed by atoms with van der Waals surface area (Å²) in [6.07, 6.45) is 5.02. The number of piperazine rings is 1. The van der Waals surface area contributed by atoms with Crippen molar-refractivity contribution in [1.82, 2.24) is 14.7 Å². The molecular formula is C30H38BrClN4O4. The van der Waals surface area contributed by atoms with Crippen LogP contribution in [0.15, 0.2) is 34.9 Å². The SMILES string of the molecule is CC(C)(C)OC(=O)N1CCC(CC(=O)N2CCN(C3c4ccc(Cl)cc4CCc4cc(Br)c[n+]([O-])c43)CC2)CC1. The Balaban J connectivity index is 1.23. The second-order valence-corrected chi connectivity index (χ2v) is 13.5. The Kier molecular flexibility index (Phi) is 8.64. The predicted molar refractivity (Wildman–Crippen MR) is 157 cm³/mol. The van der Waals surface area contributed by atoms with Crippen molar-refractivity contribution >= 4 is 39.5 Å². The van der Waals surface area contributed by atoms with Gasteiger partial charge in [-0.15, -0.1) is 0 Å². The lowest BCUT2D eigenvalue weighted by molar-refractivity contribution is -0.617. The number of ether oxygens (including phenoxy) is 1. The second-order valence-electron chi connectivity index (χ2n) is 12.2. The number of amides is 2. The van der Waals surface area contributed by atoms with Gasteiger partial charge >= 0.3 is 6.09 Å². The van der Waals surface area contributed by atoms with Gasteiger partial charge in [0, 0.05) is 56.3 Å². The van der Waals surface area contributed by atoms with Crippen LogP contribution in [0, 0.1) is 11.1 Å². The van der Waals surface area contributed by atoms with Gasteiger partial charge in [0.05, 0.1) is 4.47 Å². The summed E-state index contributed by atoms with van der Waals surface area (Å²) in [6, 6.07) is 7.84. The molecule has 8 nitrogen and oxygen atoms in total. The molecule has 216 valence electrons. The van der Waals surface area contributed by atoms with Crippen LogP contribution in [-0.4, -0.2) is 71.6 Å². The zero-order chi connectivity index (χ0) is 28.6. The Morgan fingerprint density at radius 1 is 1.02 bits per heavy atom. The number of nitrogens with zero attached hydrogens (tertiary/aromatic N) is 4. The standard InChI is InChI=1S/C30H38BrClN4O4/c1-30(2,3)40-29(38)35-10-8-20(9-11-35)16-26(37)33-12-14-34(15-13-33)28-25-7-6-24(32)18-21(25)4-5-22-17-23(31)19-36(39)27(22)28/h6-7,17-20,28H,4-5,8-16H2,1-3H3. The summed E-state index contributed by atoms with van der Waals surface area (Å²) in [4.78, 5) is 31.7. The molecule has 2 aliphatic heterocycles. The van der Waals surface area contributed by atoms with Crippen molar-refractivity contribution in [3.05, 3.63) is 67.5 Å². The summed E-state index contributed by atoms with van der Waals surface area (Å²) < 4.78 is 7.28. The maximum absolute atomic E-state index is 13.3. The van der Waals surface area contributed by atoms with Crippen molar-refractivity contribution in [2.75, 3.05) is 39.3 Å². The Hall–Kier alpha value is -2.36. The van der Waals surface area contributed by atoms with Gasteiger partial charge in [-0.1, -0.05) is 17.7 Å². The molecule has 1 atom stereocenters. The normalized spacial score (nSPS) is 20.5. The molecule has 1 aromatic carbocycles. The van der Waals surface area contributed by atoms with Gasteiger partial charge in [-0.3, -0.25) is 9.69 Å². The zero-order valence-electron chi connectivity index (χ0n) is 23.5. The first kappa shape index (κ1) is 29.1. The van der Waals surface area contributed by atoms with E-state index in [2.05, 4.69) is 33.0 Å². The Bertz CT molecular complexity index is 1270. The molecule has 3 aliphatic rings. The second kappa shape index (κ2) is 11.9. The van der Waals surface area contributed by atoms with Gasteiger partial charge in [-0.2, -0.15) is 4.73 Å². The van der Waals surface area contributed by atoms with Crippen LogP contribution in [0.4, 0.5) is 4.79 Å². The van der Waals surface area contributed by atoms with Gasteiger partial charge in [0.2, 0.25) is 11.6 Å². The molecule has 0 bridgehead atoms. The number of likely N-dealkylation sites (tertiary alicyclic amines) is 1. The highest BCUT2D eigenvalue weighted by Gasteiger charge is 2.38. The first-order valence-electron chi connectivity index (χ1n) is 14.2. The fourth-order valence-electron chi connectivity index (χ4n) is 6.19. The Morgan fingerprint density at radius 3 is 2.38 bits per heavy atom. The average molecular weight is 634 g/mol. The summed E-state index contributed by atoms with van der Waals surface area (Å²) >= 11 is 9.85. The van der Waals surface area contributed by atoms with E-state index in [0.717, 1.165) is 51.7 Å². The molecule has 1 aromatic heterocycles. The number of aromatic nitrogens is 1. The van der Waals surface area contributed by atoms with Crippen molar-refractivity contribution in [2.45, 2.75) is 64.5 Å². The van der Waals surface area contributed by atoms with Crippen LogP contribution >= 0.6 is 27.5 Å². The smallest absolute Gasteiger partial charge is 0.410 e. The van der Waals surface area contributed by atoms with Crippen molar-refractivity contribution in [2.24, 2.45) is 5.92 Å². The van der Waals surface area contributed by atoms with E-state index in [1.54, 1.807) is 11.1 Å². The number of hydrogen-bond donors (Lipinski definition) is 0. The van der Waals surface area contributed by atoms with E-state index in [4.69, 9.17) is 16.3 Å². The van der Waals surface area contributed by atoms with Gasteiger partial charge in [-0.25, -0.2) is 4.79 Å². The van der Waals surface area contributed by atoms with Crippen LogP contribution in [0.3, 0.4) is 0 Å². The number of pyridine rings is 1. The Labute approximate surface area is 249 Å². The highest BCUT2D eigenvalue weighted by atomic mass is 79.9. The van der Waals surface area contributed by atoms with Crippen LogP contribution in [0.2, 0.25) is 5.02 Å². The van der Waals surface area contributed by atoms with E-state index in [-0.39, 0.29) is 24.0 Å². The largest absolute Gasteiger partial charge is 0.618 e. The highest BCUT2D eigenvalue weighted by molar-refractivity contribution is 9.10. The third-order valence-corrected chi connectivity index (χ3v) is 8.87. The van der Waals surface area contributed by atoms with Crippen molar-refractivity contribution in [1.29, 1.82) is 0 Å². The van der Waals surface area contributed by atoms with Crippen LogP contribution in [0.25, 0.3) is 0 Å². The number of halogens is 2. The molecular weight excluding hydrogens is 596 g/mol. The molecule has 3 heterocycles. The quantitative estimate of drug-likeness (QED) is 0.347. The number of piperidine rings is 1. The van der Waals surface area contributed by atoms with E-state index in [0.29, 0.717) is 50.7 Å². The molecule has 0 N–H and O–H groups in total. The van der Waals surface area contributed by atoms with Crippen LogP contribution in [0.1, 0.15) is 68.5 Å². The highest BCUT2D eigenvalue weighted by Crippen LogP contribution is 2.37. The van der Waals surface area contributed by atoms with Crippen LogP contribution in [0.5, 0.6) is 0 Å². The third kappa shape index (κ3) is 6.58. The summed E-state index contributed by atoms with van der Waals surface area (Å²) in [5, 5.41) is 13.9. The third-order valence-electron chi connectivity index (χ3n) is 8.20. The van der Waals surface area contributed by atoms with E-state index in [9.17, 15) is 14.8 Å². The van der Waals surface area contributed by atoms with Gasteiger partial charge in [0.25, 0.3) is 0 Å². The molecule has 1 unspecified atom stereocenters. The Morgan fingerprint density at radius 2 is 1.70 bits per heavy atom. The minimum Gasteiger partial charge on any atom is -0.618 e. The number of benzene rings is 1. The summed E-state index contributed by atoms with van der Waals surface area (Å²) in [6.45, 7) is 9.48. The van der Waals surface area contributed by atoms with E-state index >= 15 is 0 Å². The summed E-state index contributed by atoms with van der Waals surface area (Å²) in [5.74, 6) is 0.444. The lowest BCUT2D eigenvalue weighted by Gasteiger charge is -2.40. The minimum atomic E-state index is -0.509. The number of carbonyl (C=O) groups excluding carboxylic acids is 2. The zero-order valence-corrected chi connectivity index (χ0v) is 25.8. The lowest BCUT2D eigenvalue weighted by Crippen LogP contribution is -2.52. The number of fused-ring (bicyclic) bond motifs is 2. The fourth-order valence-corrected chi connectivity index (χ4v) is 6.85. The maximum atomic E-state index is 13.3. The van der Waals surface area contributed by atoms with Crippen LogP contribution < -0.4 is 4.73 Å². The van der Waals surface area contributed by atoms with Gasteiger partial charge in [0.1, 0.15) is 11.6 Å². The summed E-state index contributed by atoms with van der Waals surface area (Å²) in [7, 11) is 0. The van der Waals surface area contributed by atoms with E-state index < -0.39 is 5.60 Å². The van der Waals surface area contributed by atoms with Crippen LogP contribution in [-0.2, 0) is 22.4 Å². The molecule has 0 radical (unpaired) electrons. The first-order chi connectivity index (χ1) is 19.0. The predicted octanol–water partition coefficient (Wildman–Crippen LogP) is 5.11.